The number of rotatable bonds is 63. The summed E-state index contributed by atoms with van der Waals surface area (Å²) < 4.78 is 23.8. The van der Waals surface area contributed by atoms with Crippen molar-refractivity contribution in [3.05, 3.63) is 36.5 Å². The Hall–Kier alpha value is -1.28. The fraction of sp³-hybridized carbons (Fsp3) is 0.897. The monoisotopic (exact) mass is 1110 g/mol. The Kier molecular flexibility index (Phi) is 58.4. The van der Waals surface area contributed by atoms with Crippen LogP contribution in [0, 0.1) is 0 Å². The molecule has 0 radical (unpaired) electrons. The fourth-order valence-electron chi connectivity index (χ4n) is 10.3. The van der Waals surface area contributed by atoms with Gasteiger partial charge >= 0.3 is 7.82 Å². The minimum Gasteiger partial charge on any atom is -0.387 e. The second-order valence-corrected chi connectivity index (χ2v) is 26.0. The number of likely N-dealkylation sites (N-methyl/N-ethyl adjacent to an activating group) is 1. The summed E-state index contributed by atoms with van der Waals surface area (Å²) >= 11 is 0. The van der Waals surface area contributed by atoms with Gasteiger partial charge < -0.3 is 19.8 Å². The molecule has 0 rings (SSSR count). The first kappa shape index (κ1) is 75.7. The fourth-order valence-corrected chi connectivity index (χ4v) is 11.1. The van der Waals surface area contributed by atoms with Gasteiger partial charge in [-0.1, -0.05) is 326 Å². The number of hydrogen-bond donors (Lipinski definition) is 3. The molecule has 8 nitrogen and oxygen atoms in total. The van der Waals surface area contributed by atoms with Crippen molar-refractivity contribution >= 4 is 13.7 Å². The molecule has 0 aromatic rings. The van der Waals surface area contributed by atoms with Crippen molar-refractivity contribution in [3.8, 4) is 0 Å². The lowest BCUT2D eigenvalue weighted by molar-refractivity contribution is -0.870. The smallest absolute Gasteiger partial charge is 0.387 e. The first-order valence-corrected chi connectivity index (χ1v) is 35.4. The molecule has 77 heavy (non-hydrogen) atoms. The average molecular weight is 1110 g/mol. The van der Waals surface area contributed by atoms with E-state index in [0.717, 1.165) is 44.9 Å². The van der Waals surface area contributed by atoms with Gasteiger partial charge in [0.1, 0.15) is 13.2 Å². The number of allylic oxidation sites excluding steroid dienone is 5. The average Bonchev–Trinajstić information content (AvgIpc) is 3.39. The molecular weight excluding hydrogens is 972 g/mol. The summed E-state index contributed by atoms with van der Waals surface area (Å²) in [6.45, 7) is 4.84. The highest BCUT2D eigenvalue weighted by molar-refractivity contribution is 7.47. The van der Waals surface area contributed by atoms with Crippen molar-refractivity contribution in [2.24, 2.45) is 0 Å². The zero-order chi connectivity index (χ0) is 56.3. The number of nitrogens with one attached hydrogen (secondary N) is 1. The molecule has 0 aliphatic rings. The van der Waals surface area contributed by atoms with Gasteiger partial charge in [0.15, 0.2) is 0 Å². The third-order valence-corrected chi connectivity index (χ3v) is 16.6. The van der Waals surface area contributed by atoms with Crippen LogP contribution in [0.25, 0.3) is 0 Å². The minimum atomic E-state index is -4.36. The van der Waals surface area contributed by atoms with E-state index in [9.17, 15) is 19.4 Å². The van der Waals surface area contributed by atoms with Crippen LogP contribution in [0.4, 0.5) is 0 Å². The maximum Gasteiger partial charge on any atom is 0.472 e. The molecule has 456 valence electrons. The summed E-state index contributed by atoms with van der Waals surface area (Å²) in [5.41, 5.74) is 0. The third kappa shape index (κ3) is 62.2. The first-order chi connectivity index (χ1) is 37.5. The lowest BCUT2D eigenvalue weighted by Crippen LogP contribution is -2.45. The van der Waals surface area contributed by atoms with Gasteiger partial charge in [0.05, 0.1) is 39.9 Å². The number of amides is 1. The highest BCUT2D eigenvalue weighted by atomic mass is 31.2. The van der Waals surface area contributed by atoms with Crippen molar-refractivity contribution in [2.75, 3.05) is 40.9 Å². The maximum absolute atomic E-state index is 13.0. The van der Waals surface area contributed by atoms with Gasteiger partial charge in [-0.15, -0.1) is 0 Å². The zero-order valence-electron chi connectivity index (χ0n) is 52.2. The van der Waals surface area contributed by atoms with Gasteiger partial charge in [0, 0.05) is 6.42 Å². The summed E-state index contributed by atoms with van der Waals surface area (Å²) in [7, 11) is 1.56. The second kappa shape index (κ2) is 59.3. The molecule has 3 unspecified atom stereocenters. The lowest BCUT2D eigenvalue weighted by Gasteiger charge is -2.25. The molecule has 3 N–H and O–H groups in total. The molecule has 3 atom stereocenters. The van der Waals surface area contributed by atoms with E-state index in [4.69, 9.17) is 9.05 Å². The molecule has 0 aliphatic heterocycles. The van der Waals surface area contributed by atoms with E-state index in [2.05, 4.69) is 43.5 Å². The van der Waals surface area contributed by atoms with Crippen LogP contribution in [0.1, 0.15) is 341 Å². The molecule has 0 aromatic carbocycles. The molecule has 0 heterocycles. The van der Waals surface area contributed by atoms with Crippen LogP contribution >= 0.6 is 7.82 Å². The molecule has 9 heteroatoms. The molecule has 0 aliphatic carbocycles. The van der Waals surface area contributed by atoms with Gasteiger partial charge in [-0.2, -0.15) is 0 Å². The quantitative estimate of drug-likeness (QED) is 0.0243. The predicted octanol–water partition coefficient (Wildman–Crippen LogP) is 21.3. The molecule has 0 saturated heterocycles. The Labute approximate surface area is 480 Å². The summed E-state index contributed by atoms with van der Waals surface area (Å²) in [6.07, 6.45) is 78.7. The molecule has 0 fully saturated rings. The van der Waals surface area contributed by atoms with E-state index >= 15 is 0 Å². The normalized spacial score (nSPS) is 13.9. The van der Waals surface area contributed by atoms with Crippen molar-refractivity contribution in [3.63, 3.8) is 0 Å². The van der Waals surface area contributed by atoms with Crippen LogP contribution < -0.4 is 5.32 Å². The van der Waals surface area contributed by atoms with Crippen LogP contribution in [0.3, 0.4) is 0 Å². The van der Waals surface area contributed by atoms with Crippen LogP contribution in [0.2, 0.25) is 0 Å². The number of aliphatic hydroxyl groups excluding tert-OH is 1. The Morgan fingerprint density at radius 1 is 0.429 bits per heavy atom. The predicted molar refractivity (Wildman–Crippen MR) is 337 cm³/mol. The van der Waals surface area contributed by atoms with Gasteiger partial charge in [-0.3, -0.25) is 13.8 Å². The summed E-state index contributed by atoms with van der Waals surface area (Å²) in [5.74, 6) is -0.184. The molecule has 0 bridgehead atoms. The lowest BCUT2D eigenvalue weighted by atomic mass is 10.0. The number of nitrogens with zero attached hydrogens (tertiary/aromatic N) is 1. The SMILES string of the molecule is CCCCCCCCCCCCCCCCCC/C=C/CC/C=C/CC/C=C/C(O)C(COP(=O)(O)OCC[N+](C)(C)C)NC(=O)CCCCCCCCCCCCCCCCCCCCCCCCCCCCCCC. The number of carbonyl (C=O) groups is 1. The minimum absolute atomic E-state index is 0.0554. The Bertz CT molecular complexity index is 1350. The van der Waals surface area contributed by atoms with E-state index in [1.54, 1.807) is 6.08 Å². The second-order valence-electron chi connectivity index (χ2n) is 24.5. The van der Waals surface area contributed by atoms with E-state index in [0.29, 0.717) is 17.4 Å². The largest absolute Gasteiger partial charge is 0.472 e. The number of hydrogen-bond acceptors (Lipinski definition) is 5. The number of carbonyl (C=O) groups excluding carboxylic acids is 1. The van der Waals surface area contributed by atoms with Crippen LogP contribution in [-0.4, -0.2) is 73.4 Å². The van der Waals surface area contributed by atoms with Crippen LogP contribution in [0.15, 0.2) is 36.5 Å². The zero-order valence-corrected chi connectivity index (χ0v) is 53.1. The standard InChI is InChI=1S/C68H133N2O6P/c1-6-8-10-12-14-16-18-20-22-24-26-28-30-32-34-35-36-38-40-42-44-46-48-50-52-54-56-58-60-62-68(72)69-66(65-76-77(73,74)75-64-63-70(3,4)5)67(71)61-59-57-55-53-51-49-47-45-43-41-39-37-33-31-29-27-25-23-21-19-17-15-13-11-9-7-2/h43,45,51,53,59,61,66-67,71H,6-42,44,46-50,52,54-58,60,62-65H2,1-5H3,(H-,69,72,73,74)/p+1/b45-43+,53-51+,61-59+. The van der Waals surface area contributed by atoms with E-state index in [1.165, 1.54) is 276 Å². The molecule has 0 saturated carbocycles. The molecule has 0 aromatic heterocycles. The number of phosphoric ester groups is 1. The van der Waals surface area contributed by atoms with Crippen molar-refractivity contribution in [2.45, 2.75) is 353 Å². The highest BCUT2D eigenvalue weighted by Gasteiger charge is 2.28. The Balaban J connectivity index is 4.12. The number of aliphatic hydroxyl groups is 1. The van der Waals surface area contributed by atoms with Crippen molar-refractivity contribution < 1.29 is 32.9 Å². The van der Waals surface area contributed by atoms with Crippen LogP contribution in [-0.2, 0) is 18.4 Å². The summed E-state index contributed by atoms with van der Waals surface area (Å²) in [6, 6.07) is -0.869. The van der Waals surface area contributed by atoms with Gasteiger partial charge in [0.2, 0.25) is 5.91 Å². The van der Waals surface area contributed by atoms with Gasteiger partial charge in [-0.25, -0.2) is 4.57 Å². The van der Waals surface area contributed by atoms with E-state index < -0.39 is 20.0 Å². The van der Waals surface area contributed by atoms with Gasteiger partial charge in [0.25, 0.3) is 0 Å². The summed E-state index contributed by atoms with van der Waals surface area (Å²) in [5, 5.41) is 14.0. The first-order valence-electron chi connectivity index (χ1n) is 33.9. The highest BCUT2D eigenvalue weighted by Crippen LogP contribution is 2.43. The number of quaternary nitrogens is 1. The summed E-state index contributed by atoms with van der Waals surface area (Å²) in [4.78, 5) is 23.4. The number of unbranched alkanes of at least 4 members (excludes halogenated alkanes) is 46. The topological polar surface area (TPSA) is 105 Å². The molecule has 1 amide bonds. The maximum atomic E-state index is 13.0. The van der Waals surface area contributed by atoms with Crippen molar-refractivity contribution in [1.82, 2.24) is 5.32 Å². The third-order valence-electron chi connectivity index (χ3n) is 15.6. The van der Waals surface area contributed by atoms with Crippen LogP contribution in [0.5, 0.6) is 0 Å². The Morgan fingerprint density at radius 3 is 1.04 bits per heavy atom. The molecular formula is C68H134N2O6P+. The number of phosphoric acid groups is 1. The van der Waals surface area contributed by atoms with Crippen molar-refractivity contribution in [1.29, 1.82) is 0 Å². The Morgan fingerprint density at radius 2 is 0.714 bits per heavy atom. The molecule has 0 spiro atoms. The van der Waals surface area contributed by atoms with Gasteiger partial charge in [-0.05, 0) is 44.9 Å². The van der Waals surface area contributed by atoms with E-state index in [-0.39, 0.29) is 19.1 Å². The van der Waals surface area contributed by atoms with E-state index in [1.807, 2.05) is 27.2 Å².